The molecule has 0 aromatic carbocycles. The van der Waals surface area contributed by atoms with Gasteiger partial charge in [-0.3, -0.25) is 14.4 Å². The Balaban J connectivity index is 4.62. The predicted molar refractivity (Wildman–Crippen MR) is 256 cm³/mol. The monoisotopic (exact) mass is 829 g/mol. The number of hydrogen-bond donors (Lipinski definition) is 0. The molecule has 6 heteroatoms. The molecule has 0 fully saturated rings. The minimum Gasteiger partial charge on any atom is -0.462 e. The van der Waals surface area contributed by atoms with Gasteiger partial charge >= 0.3 is 17.9 Å². The van der Waals surface area contributed by atoms with Gasteiger partial charge < -0.3 is 14.2 Å². The van der Waals surface area contributed by atoms with E-state index in [9.17, 15) is 14.4 Å². The maximum atomic E-state index is 12.7. The molecule has 0 aromatic heterocycles. The summed E-state index contributed by atoms with van der Waals surface area (Å²) in [5.41, 5.74) is 0. The third kappa shape index (κ3) is 44.9. The zero-order valence-corrected chi connectivity index (χ0v) is 38.2. The van der Waals surface area contributed by atoms with Crippen molar-refractivity contribution in [1.82, 2.24) is 0 Å². The van der Waals surface area contributed by atoms with Crippen LogP contribution in [0.1, 0.15) is 181 Å². The Kier molecular flexibility index (Phi) is 44.2. The highest BCUT2D eigenvalue weighted by atomic mass is 16.6. The van der Waals surface area contributed by atoms with E-state index in [0.29, 0.717) is 25.7 Å². The lowest BCUT2D eigenvalue weighted by Crippen LogP contribution is -2.30. The largest absolute Gasteiger partial charge is 0.462 e. The lowest BCUT2D eigenvalue weighted by molar-refractivity contribution is -0.166. The Hall–Kier alpha value is -4.19. The fourth-order valence-corrected chi connectivity index (χ4v) is 5.87. The average molecular weight is 829 g/mol. The second-order valence-electron chi connectivity index (χ2n) is 15.0. The maximum Gasteiger partial charge on any atom is 0.306 e. The molecule has 336 valence electrons. The highest BCUT2D eigenvalue weighted by Gasteiger charge is 2.19. The van der Waals surface area contributed by atoms with Crippen LogP contribution < -0.4 is 0 Å². The van der Waals surface area contributed by atoms with E-state index in [4.69, 9.17) is 14.2 Å². The summed E-state index contributed by atoms with van der Waals surface area (Å²) >= 11 is 0. The third-order valence-electron chi connectivity index (χ3n) is 9.35. The Morgan fingerprint density at radius 2 is 0.767 bits per heavy atom. The lowest BCUT2D eigenvalue weighted by atomic mass is 10.0. The zero-order valence-electron chi connectivity index (χ0n) is 38.2. The molecule has 0 aliphatic carbocycles. The fraction of sp³-hybridized carbons (Fsp3) is 0.574. The van der Waals surface area contributed by atoms with E-state index in [1.54, 1.807) is 0 Å². The van der Waals surface area contributed by atoms with Gasteiger partial charge in [0, 0.05) is 19.3 Å². The molecule has 1 atom stereocenters. The number of carbonyl (C=O) groups is 3. The van der Waals surface area contributed by atoms with Gasteiger partial charge in [-0.25, -0.2) is 0 Å². The van der Waals surface area contributed by atoms with Crippen molar-refractivity contribution in [2.24, 2.45) is 0 Å². The minimum atomic E-state index is -0.845. The summed E-state index contributed by atoms with van der Waals surface area (Å²) in [6.45, 7) is 6.22. The van der Waals surface area contributed by atoms with Crippen molar-refractivity contribution in [3.05, 3.63) is 122 Å². The molecule has 0 rings (SSSR count). The van der Waals surface area contributed by atoms with Crippen LogP contribution in [0.25, 0.3) is 0 Å². The number of esters is 3. The van der Waals surface area contributed by atoms with E-state index in [2.05, 4.69) is 75.5 Å². The van der Waals surface area contributed by atoms with Crippen LogP contribution in [-0.2, 0) is 28.6 Å². The number of carbonyl (C=O) groups excluding carboxylic acids is 3. The Morgan fingerprint density at radius 3 is 1.27 bits per heavy atom. The Labute approximate surface area is 367 Å². The molecule has 0 N–H and O–H groups in total. The van der Waals surface area contributed by atoms with Crippen LogP contribution in [0.3, 0.4) is 0 Å². The summed E-state index contributed by atoms with van der Waals surface area (Å²) in [6, 6.07) is 0. The summed E-state index contributed by atoms with van der Waals surface area (Å²) in [5.74, 6) is -1.10. The molecular weight excluding hydrogens is 745 g/mol. The third-order valence-corrected chi connectivity index (χ3v) is 9.35. The van der Waals surface area contributed by atoms with Crippen LogP contribution in [0.15, 0.2) is 122 Å². The van der Waals surface area contributed by atoms with Crippen LogP contribution in [0, 0.1) is 0 Å². The van der Waals surface area contributed by atoms with Gasteiger partial charge in [0.05, 0.1) is 0 Å². The Bertz CT molecular complexity index is 1320. The fourth-order valence-electron chi connectivity index (χ4n) is 5.87. The van der Waals surface area contributed by atoms with Crippen molar-refractivity contribution in [3.63, 3.8) is 0 Å². The van der Waals surface area contributed by atoms with Crippen LogP contribution in [0.2, 0.25) is 0 Å². The highest BCUT2D eigenvalue weighted by Crippen LogP contribution is 2.14. The van der Waals surface area contributed by atoms with Gasteiger partial charge in [0.1, 0.15) is 13.2 Å². The normalized spacial score (nSPS) is 13.2. The second-order valence-corrected chi connectivity index (χ2v) is 15.0. The predicted octanol–water partition coefficient (Wildman–Crippen LogP) is 15.4. The van der Waals surface area contributed by atoms with Gasteiger partial charge in [-0.1, -0.05) is 219 Å². The van der Waals surface area contributed by atoms with E-state index in [1.807, 2.05) is 66.8 Å². The van der Waals surface area contributed by atoms with Crippen molar-refractivity contribution >= 4 is 17.9 Å². The van der Waals surface area contributed by atoms with Crippen molar-refractivity contribution < 1.29 is 28.6 Å². The molecule has 0 amide bonds. The SMILES string of the molecule is CC\C=C/C=C\C=C/C=C\C=C/CCCC(=O)OC(COC(=O)CC/C=C\C/C=C\C/C=C\C/C=C\C/C=C\CC)COC(=O)CCCCCCCCCCCCCCC. The minimum absolute atomic E-state index is 0.132. The van der Waals surface area contributed by atoms with Crippen LogP contribution >= 0.6 is 0 Å². The zero-order chi connectivity index (χ0) is 43.7. The van der Waals surface area contributed by atoms with E-state index in [1.165, 1.54) is 64.2 Å². The van der Waals surface area contributed by atoms with Crippen molar-refractivity contribution in [1.29, 1.82) is 0 Å². The highest BCUT2D eigenvalue weighted by molar-refractivity contribution is 5.71. The van der Waals surface area contributed by atoms with Gasteiger partial charge in [-0.05, 0) is 64.2 Å². The maximum absolute atomic E-state index is 12.7. The number of unbranched alkanes of at least 4 members (excludes halogenated alkanes) is 13. The first kappa shape index (κ1) is 55.8. The second kappa shape index (κ2) is 47.5. The number of ether oxygens (including phenoxy) is 3. The van der Waals surface area contributed by atoms with Gasteiger partial charge in [-0.15, -0.1) is 0 Å². The van der Waals surface area contributed by atoms with E-state index in [0.717, 1.165) is 57.8 Å². The Morgan fingerprint density at radius 1 is 0.367 bits per heavy atom. The summed E-state index contributed by atoms with van der Waals surface area (Å²) in [5, 5.41) is 0. The number of allylic oxidation sites excluding steroid dienone is 20. The van der Waals surface area contributed by atoms with E-state index < -0.39 is 12.1 Å². The van der Waals surface area contributed by atoms with Crippen molar-refractivity contribution in [2.45, 2.75) is 187 Å². The summed E-state index contributed by atoms with van der Waals surface area (Å²) in [4.78, 5) is 37.8. The van der Waals surface area contributed by atoms with Crippen LogP contribution in [0.5, 0.6) is 0 Å². The quantitative estimate of drug-likeness (QED) is 0.0201. The van der Waals surface area contributed by atoms with Gasteiger partial charge in [0.25, 0.3) is 0 Å². The number of rotatable bonds is 40. The molecule has 0 bridgehead atoms. The molecule has 0 saturated carbocycles. The molecule has 1 unspecified atom stereocenters. The molecule has 0 aliphatic heterocycles. The molecule has 60 heavy (non-hydrogen) atoms. The topological polar surface area (TPSA) is 78.9 Å². The van der Waals surface area contributed by atoms with Crippen molar-refractivity contribution in [3.8, 4) is 0 Å². The molecule has 0 radical (unpaired) electrons. The summed E-state index contributed by atoms with van der Waals surface area (Å²) in [7, 11) is 0. The number of hydrogen-bond acceptors (Lipinski definition) is 6. The van der Waals surface area contributed by atoms with Gasteiger partial charge in [0.2, 0.25) is 0 Å². The van der Waals surface area contributed by atoms with Crippen LogP contribution in [-0.4, -0.2) is 37.2 Å². The smallest absolute Gasteiger partial charge is 0.306 e. The molecule has 0 spiro atoms. The summed E-state index contributed by atoms with van der Waals surface area (Å²) in [6.07, 6.45) is 64.9. The van der Waals surface area contributed by atoms with Crippen LogP contribution in [0.4, 0.5) is 0 Å². The molecule has 0 heterocycles. The standard InChI is InChI=1S/C54H84O6/c1-4-7-10-13-16-19-22-25-26-27-30-32-35-38-41-44-47-53(56)59-50-51(60-54(57)48-45-42-39-36-33-29-24-21-18-15-12-9-6-3)49-58-52(55)46-43-40-37-34-31-28-23-20-17-14-11-8-5-2/h7,9-10,12,15-16,18-19,21,24-26,29-30,32-33,36,38-39,41,51H,4-6,8,11,13-14,17,20,22-23,27-28,31,34-35,37,40,42-50H2,1-3H3/b10-7-,12-9-,18-15-,19-16-,24-21-,26-25-,32-30-,33-29-,39-36-,41-38-. The van der Waals surface area contributed by atoms with Gasteiger partial charge in [-0.2, -0.15) is 0 Å². The molecule has 6 nitrogen and oxygen atoms in total. The van der Waals surface area contributed by atoms with E-state index >= 15 is 0 Å². The average Bonchev–Trinajstić information content (AvgIpc) is 3.24. The first-order valence-electron chi connectivity index (χ1n) is 23.6. The molecule has 0 aliphatic rings. The first-order valence-corrected chi connectivity index (χ1v) is 23.6. The summed E-state index contributed by atoms with van der Waals surface area (Å²) < 4.78 is 16.6. The molecule has 0 aromatic rings. The first-order chi connectivity index (χ1) is 29.5. The molecule has 0 saturated heterocycles. The van der Waals surface area contributed by atoms with Gasteiger partial charge in [0.15, 0.2) is 6.10 Å². The molecular formula is C54H84O6. The van der Waals surface area contributed by atoms with E-state index in [-0.39, 0.29) is 38.0 Å². The lowest BCUT2D eigenvalue weighted by Gasteiger charge is -2.18. The van der Waals surface area contributed by atoms with Crippen molar-refractivity contribution in [2.75, 3.05) is 13.2 Å².